The highest BCUT2D eigenvalue weighted by atomic mass is 19.1. The molecule has 0 radical (unpaired) electrons. The van der Waals surface area contributed by atoms with Gasteiger partial charge in [-0.15, -0.1) is 0 Å². The molecule has 0 atom stereocenters. The van der Waals surface area contributed by atoms with E-state index in [1.54, 1.807) is 4.90 Å². The first-order valence-electron chi connectivity index (χ1n) is 8.65. The molecule has 3 rings (SSSR count). The van der Waals surface area contributed by atoms with Gasteiger partial charge in [-0.1, -0.05) is 0 Å². The summed E-state index contributed by atoms with van der Waals surface area (Å²) in [5, 5.41) is 6.67. The summed E-state index contributed by atoms with van der Waals surface area (Å²) >= 11 is 0. The van der Waals surface area contributed by atoms with E-state index in [-0.39, 0.29) is 11.5 Å². The van der Waals surface area contributed by atoms with Crippen LogP contribution in [0, 0.1) is 5.82 Å². The molecule has 0 saturated carbocycles. The van der Waals surface area contributed by atoms with Crippen LogP contribution in [0.4, 0.5) is 4.39 Å². The number of halogens is 1. The number of amides is 1. The molecule has 26 heavy (non-hydrogen) atoms. The third kappa shape index (κ3) is 4.55. The minimum absolute atomic E-state index is 0.216. The largest absolute Gasteiger partial charge is 0.493 e. The second kappa shape index (κ2) is 8.72. The van der Waals surface area contributed by atoms with Gasteiger partial charge >= 0.3 is 0 Å². The number of ether oxygens (including phenoxy) is 1. The lowest BCUT2D eigenvalue weighted by Crippen LogP contribution is -2.48. The van der Waals surface area contributed by atoms with E-state index in [0.717, 1.165) is 5.82 Å². The van der Waals surface area contributed by atoms with Crippen LogP contribution >= 0.6 is 0 Å². The fraction of sp³-hybridized carbons (Fsp3) is 0.471. The summed E-state index contributed by atoms with van der Waals surface area (Å²) in [6.07, 6.45) is 2.15. The third-order valence-corrected chi connectivity index (χ3v) is 4.28. The molecule has 0 aliphatic carbocycles. The molecule has 1 aromatic carbocycles. The standard InChI is InChI=1S/C17H23FN6O2/c18-13-2-3-15(26-9-1-4-19)14(10-13)17(25)24-7-5-23(6-8-24)11-16-20-12-21-22-16/h2-3,10,12H,1,4-9,11,19H2,(H,20,21,22). The van der Waals surface area contributed by atoms with Crippen LogP contribution in [-0.4, -0.2) is 70.2 Å². The van der Waals surface area contributed by atoms with E-state index < -0.39 is 5.82 Å². The van der Waals surface area contributed by atoms with E-state index in [1.165, 1.54) is 24.5 Å². The highest BCUT2D eigenvalue weighted by Crippen LogP contribution is 2.22. The Morgan fingerprint density at radius 1 is 1.31 bits per heavy atom. The number of carbonyl (C=O) groups is 1. The van der Waals surface area contributed by atoms with Crippen molar-refractivity contribution in [2.45, 2.75) is 13.0 Å². The number of rotatable bonds is 7. The zero-order chi connectivity index (χ0) is 18.4. The summed E-state index contributed by atoms with van der Waals surface area (Å²) in [5.41, 5.74) is 5.72. The molecule has 0 spiro atoms. The van der Waals surface area contributed by atoms with E-state index in [0.29, 0.717) is 58.0 Å². The van der Waals surface area contributed by atoms with Crippen molar-refractivity contribution in [1.29, 1.82) is 0 Å². The lowest BCUT2D eigenvalue weighted by molar-refractivity contribution is 0.0621. The van der Waals surface area contributed by atoms with Crippen LogP contribution in [0.2, 0.25) is 0 Å². The van der Waals surface area contributed by atoms with Crippen molar-refractivity contribution in [2.75, 3.05) is 39.3 Å². The van der Waals surface area contributed by atoms with Crippen molar-refractivity contribution in [2.24, 2.45) is 5.73 Å². The summed E-state index contributed by atoms with van der Waals surface area (Å²) < 4.78 is 19.3. The van der Waals surface area contributed by atoms with Crippen molar-refractivity contribution in [3.63, 3.8) is 0 Å². The Bertz CT molecular complexity index is 716. The Morgan fingerprint density at radius 3 is 2.81 bits per heavy atom. The van der Waals surface area contributed by atoms with Crippen LogP contribution in [0.3, 0.4) is 0 Å². The van der Waals surface area contributed by atoms with Crippen LogP contribution in [0.15, 0.2) is 24.5 Å². The van der Waals surface area contributed by atoms with E-state index >= 15 is 0 Å². The lowest BCUT2D eigenvalue weighted by atomic mass is 10.1. The molecule has 1 saturated heterocycles. The van der Waals surface area contributed by atoms with Crippen LogP contribution in [0.25, 0.3) is 0 Å². The summed E-state index contributed by atoms with van der Waals surface area (Å²) in [7, 11) is 0. The maximum Gasteiger partial charge on any atom is 0.257 e. The number of nitrogens with one attached hydrogen (secondary N) is 1. The third-order valence-electron chi connectivity index (χ3n) is 4.28. The van der Waals surface area contributed by atoms with Crippen LogP contribution in [0.1, 0.15) is 22.6 Å². The molecule has 1 aliphatic heterocycles. The summed E-state index contributed by atoms with van der Waals surface area (Å²) in [5.74, 6) is 0.523. The van der Waals surface area contributed by atoms with Crippen LogP contribution in [-0.2, 0) is 6.54 Å². The fourth-order valence-electron chi connectivity index (χ4n) is 2.86. The number of hydrogen-bond donors (Lipinski definition) is 2. The zero-order valence-corrected chi connectivity index (χ0v) is 14.5. The van der Waals surface area contributed by atoms with Gasteiger partial charge in [0, 0.05) is 26.2 Å². The molecule has 2 heterocycles. The highest BCUT2D eigenvalue weighted by molar-refractivity contribution is 5.97. The Kier molecular flexibility index (Phi) is 6.13. The molecule has 1 aliphatic rings. The summed E-state index contributed by atoms with van der Waals surface area (Å²) in [6.45, 7) is 4.11. The predicted molar refractivity (Wildman–Crippen MR) is 93.1 cm³/mol. The molecule has 1 aromatic heterocycles. The molecule has 8 nitrogen and oxygen atoms in total. The molecule has 1 amide bonds. The van der Waals surface area contributed by atoms with Gasteiger partial charge in [-0.2, -0.15) is 5.10 Å². The lowest BCUT2D eigenvalue weighted by Gasteiger charge is -2.34. The topological polar surface area (TPSA) is 100 Å². The molecular weight excluding hydrogens is 339 g/mol. The smallest absolute Gasteiger partial charge is 0.257 e. The molecule has 0 unspecified atom stereocenters. The van der Waals surface area contributed by atoms with Gasteiger partial charge in [0.15, 0.2) is 0 Å². The van der Waals surface area contributed by atoms with E-state index in [2.05, 4.69) is 20.1 Å². The van der Waals surface area contributed by atoms with Gasteiger partial charge in [-0.05, 0) is 31.2 Å². The molecule has 3 N–H and O–H groups in total. The molecule has 9 heteroatoms. The minimum Gasteiger partial charge on any atom is -0.493 e. The second-order valence-corrected chi connectivity index (χ2v) is 6.13. The first-order valence-corrected chi connectivity index (χ1v) is 8.65. The number of carbonyl (C=O) groups excluding carboxylic acids is 1. The van der Waals surface area contributed by atoms with Crippen LogP contribution in [0.5, 0.6) is 5.75 Å². The Morgan fingerprint density at radius 2 is 2.12 bits per heavy atom. The minimum atomic E-state index is -0.455. The Hall–Kier alpha value is -2.52. The van der Waals surface area contributed by atoms with Gasteiger partial charge in [-0.3, -0.25) is 14.8 Å². The molecule has 1 fully saturated rings. The maximum absolute atomic E-state index is 13.7. The SMILES string of the molecule is NCCCOc1ccc(F)cc1C(=O)N1CCN(Cc2ncn[nH]2)CC1. The van der Waals surface area contributed by atoms with E-state index in [1.807, 2.05) is 0 Å². The first-order chi connectivity index (χ1) is 12.7. The van der Waals surface area contributed by atoms with Crippen molar-refractivity contribution < 1.29 is 13.9 Å². The van der Waals surface area contributed by atoms with Crippen molar-refractivity contribution >= 4 is 5.91 Å². The van der Waals surface area contributed by atoms with Crippen molar-refractivity contribution in [1.82, 2.24) is 25.0 Å². The number of hydrogen-bond acceptors (Lipinski definition) is 6. The molecule has 0 bridgehead atoms. The van der Waals surface area contributed by atoms with Gasteiger partial charge in [0.2, 0.25) is 0 Å². The number of benzene rings is 1. The van der Waals surface area contributed by atoms with Gasteiger partial charge in [0.1, 0.15) is 23.7 Å². The van der Waals surface area contributed by atoms with E-state index in [4.69, 9.17) is 10.5 Å². The molecule has 2 aromatic rings. The van der Waals surface area contributed by atoms with Gasteiger partial charge in [0.05, 0.1) is 18.7 Å². The fourth-order valence-corrected chi connectivity index (χ4v) is 2.86. The number of aromatic amines is 1. The quantitative estimate of drug-likeness (QED) is 0.701. The van der Waals surface area contributed by atoms with Gasteiger partial charge in [0.25, 0.3) is 5.91 Å². The number of nitrogens with zero attached hydrogens (tertiary/aromatic N) is 4. The summed E-state index contributed by atoms with van der Waals surface area (Å²) in [4.78, 5) is 20.9. The molecular formula is C17H23FN6O2. The average molecular weight is 362 g/mol. The summed E-state index contributed by atoms with van der Waals surface area (Å²) in [6, 6.07) is 4.03. The molecule has 140 valence electrons. The number of piperazine rings is 1. The van der Waals surface area contributed by atoms with E-state index in [9.17, 15) is 9.18 Å². The maximum atomic E-state index is 13.7. The first kappa shape index (κ1) is 18.3. The van der Waals surface area contributed by atoms with Gasteiger partial charge in [-0.25, -0.2) is 9.37 Å². The van der Waals surface area contributed by atoms with Crippen LogP contribution < -0.4 is 10.5 Å². The average Bonchev–Trinajstić information content (AvgIpc) is 3.16. The normalized spacial score (nSPS) is 15.2. The predicted octanol–water partition coefficient (Wildman–Crippen LogP) is 0.629. The number of H-pyrrole nitrogens is 1. The second-order valence-electron chi connectivity index (χ2n) is 6.13. The zero-order valence-electron chi connectivity index (χ0n) is 14.5. The van der Waals surface area contributed by atoms with Crippen molar-refractivity contribution in [3.05, 3.63) is 41.7 Å². The van der Waals surface area contributed by atoms with Crippen molar-refractivity contribution in [3.8, 4) is 5.75 Å². The number of nitrogens with two attached hydrogens (primary N) is 1. The number of aromatic nitrogens is 3. The monoisotopic (exact) mass is 362 g/mol. The Labute approximate surface area is 151 Å². The Balaban J connectivity index is 1.61. The van der Waals surface area contributed by atoms with Gasteiger partial charge < -0.3 is 15.4 Å². The highest BCUT2D eigenvalue weighted by Gasteiger charge is 2.25.